The number of nitrogens with zero attached hydrogens (tertiary/aromatic N) is 1. The van der Waals surface area contributed by atoms with Crippen molar-refractivity contribution in [1.29, 1.82) is 0 Å². The fourth-order valence-electron chi connectivity index (χ4n) is 1.87. The molecule has 1 rings (SSSR count). The molecule has 2 N–H and O–H groups in total. The molecular weight excluding hydrogens is 252 g/mol. The van der Waals surface area contributed by atoms with Crippen LogP contribution in [0.4, 0.5) is 0 Å². The third kappa shape index (κ3) is 3.92. The Morgan fingerprint density at radius 1 is 1.33 bits per heavy atom. The summed E-state index contributed by atoms with van der Waals surface area (Å²) in [5.41, 5.74) is 7.24. The second-order valence-corrected chi connectivity index (χ2v) is 5.40. The lowest BCUT2D eigenvalue weighted by Gasteiger charge is -2.24. The molecule has 1 aromatic rings. The summed E-state index contributed by atoms with van der Waals surface area (Å²) in [7, 11) is 0. The Balaban J connectivity index is 2.74. The van der Waals surface area contributed by atoms with Crippen molar-refractivity contribution in [2.24, 2.45) is 17.6 Å². The molecule has 0 saturated heterocycles. The highest BCUT2D eigenvalue weighted by molar-refractivity contribution is 9.10. The first kappa shape index (κ1) is 12.7. The minimum atomic E-state index is 0.226. The van der Waals surface area contributed by atoms with Crippen LogP contribution in [0, 0.1) is 11.8 Å². The highest BCUT2D eigenvalue weighted by Crippen LogP contribution is 2.21. The molecule has 0 aliphatic carbocycles. The molecular formula is C12H19BrN2. The lowest BCUT2D eigenvalue weighted by molar-refractivity contribution is 0.329. The first-order chi connectivity index (χ1) is 7.00. The second kappa shape index (κ2) is 5.61. The minimum Gasteiger partial charge on any atom is -0.328 e. The van der Waals surface area contributed by atoms with Gasteiger partial charge in [-0.05, 0) is 52.7 Å². The number of halogens is 1. The molecule has 0 spiro atoms. The third-order valence-corrected chi connectivity index (χ3v) is 3.20. The average Bonchev–Trinajstić information content (AvgIpc) is 2.13. The van der Waals surface area contributed by atoms with Crippen molar-refractivity contribution in [2.45, 2.75) is 33.2 Å². The number of nitrogens with two attached hydrogens (primary N) is 1. The number of hydrogen-bond acceptors (Lipinski definition) is 2. The van der Waals surface area contributed by atoms with E-state index in [2.05, 4.69) is 47.8 Å². The van der Waals surface area contributed by atoms with E-state index in [9.17, 15) is 0 Å². The van der Waals surface area contributed by atoms with Gasteiger partial charge in [0.25, 0.3) is 0 Å². The van der Waals surface area contributed by atoms with Crippen molar-refractivity contribution in [3.8, 4) is 0 Å². The van der Waals surface area contributed by atoms with Gasteiger partial charge in [-0.25, -0.2) is 0 Å². The molecule has 84 valence electrons. The van der Waals surface area contributed by atoms with Crippen molar-refractivity contribution in [3.05, 3.63) is 28.5 Å². The van der Waals surface area contributed by atoms with Gasteiger partial charge in [0.2, 0.25) is 0 Å². The van der Waals surface area contributed by atoms with Gasteiger partial charge in [0, 0.05) is 22.9 Å². The van der Waals surface area contributed by atoms with Gasteiger partial charge in [0.15, 0.2) is 0 Å². The maximum absolute atomic E-state index is 5.99. The van der Waals surface area contributed by atoms with Crippen LogP contribution < -0.4 is 5.73 Å². The van der Waals surface area contributed by atoms with Gasteiger partial charge in [0.05, 0.1) is 0 Å². The Bertz CT molecular complexity index is 302. The summed E-state index contributed by atoms with van der Waals surface area (Å²) >= 11 is 3.43. The van der Waals surface area contributed by atoms with E-state index >= 15 is 0 Å². The SMILES string of the molecule is CC(C)C(Cc1cncc(Br)c1)C(C)N. The molecule has 2 unspecified atom stereocenters. The molecule has 0 saturated carbocycles. The molecule has 0 aliphatic rings. The van der Waals surface area contributed by atoms with E-state index in [1.165, 1.54) is 5.56 Å². The van der Waals surface area contributed by atoms with Crippen molar-refractivity contribution in [2.75, 3.05) is 0 Å². The van der Waals surface area contributed by atoms with E-state index in [0.717, 1.165) is 10.9 Å². The van der Waals surface area contributed by atoms with Gasteiger partial charge in [-0.2, -0.15) is 0 Å². The van der Waals surface area contributed by atoms with E-state index < -0.39 is 0 Å². The molecule has 1 aromatic heterocycles. The second-order valence-electron chi connectivity index (χ2n) is 4.48. The Kier molecular flexibility index (Phi) is 4.74. The van der Waals surface area contributed by atoms with Crippen LogP contribution in [0.5, 0.6) is 0 Å². The van der Waals surface area contributed by atoms with Crippen LogP contribution in [-0.2, 0) is 6.42 Å². The Morgan fingerprint density at radius 2 is 2.00 bits per heavy atom. The van der Waals surface area contributed by atoms with Crippen LogP contribution in [0.25, 0.3) is 0 Å². The molecule has 0 fully saturated rings. The Morgan fingerprint density at radius 3 is 2.47 bits per heavy atom. The third-order valence-electron chi connectivity index (χ3n) is 2.76. The number of rotatable bonds is 4. The molecule has 0 aromatic carbocycles. The molecule has 0 amide bonds. The highest BCUT2D eigenvalue weighted by Gasteiger charge is 2.18. The topological polar surface area (TPSA) is 38.9 Å². The number of aromatic nitrogens is 1. The first-order valence-electron chi connectivity index (χ1n) is 5.35. The predicted molar refractivity (Wildman–Crippen MR) is 67.6 cm³/mol. The van der Waals surface area contributed by atoms with Crippen molar-refractivity contribution in [1.82, 2.24) is 4.98 Å². The molecule has 2 atom stereocenters. The van der Waals surface area contributed by atoms with E-state index in [1.807, 2.05) is 6.20 Å². The number of pyridine rings is 1. The summed E-state index contributed by atoms with van der Waals surface area (Å²) in [6.07, 6.45) is 4.73. The van der Waals surface area contributed by atoms with Crippen LogP contribution in [0.3, 0.4) is 0 Å². The number of hydrogen-bond donors (Lipinski definition) is 1. The molecule has 2 nitrogen and oxygen atoms in total. The van der Waals surface area contributed by atoms with Gasteiger partial charge < -0.3 is 5.73 Å². The smallest absolute Gasteiger partial charge is 0.0410 e. The van der Waals surface area contributed by atoms with Crippen molar-refractivity contribution in [3.63, 3.8) is 0 Å². The molecule has 3 heteroatoms. The monoisotopic (exact) mass is 270 g/mol. The van der Waals surface area contributed by atoms with Gasteiger partial charge in [-0.15, -0.1) is 0 Å². The average molecular weight is 271 g/mol. The molecule has 0 aliphatic heterocycles. The fraction of sp³-hybridized carbons (Fsp3) is 0.583. The fourth-order valence-corrected chi connectivity index (χ4v) is 2.28. The van der Waals surface area contributed by atoms with Crippen LogP contribution in [0.15, 0.2) is 22.9 Å². The molecule has 0 bridgehead atoms. The zero-order valence-corrected chi connectivity index (χ0v) is 11.2. The van der Waals surface area contributed by atoms with Gasteiger partial charge in [-0.1, -0.05) is 13.8 Å². The summed E-state index contributed by atoms with van der Waals surface area (Å²) in [5.74, 6) is 1.12. The van der Waals surface area contributed by atoms with E-state index in [-0.39, 0.29) is 6.04 Å². The van der Waals surface area contributed by atoms with Gasteiger partial charge in [0.1, 0.15) is 0 Å². The van der Waals surface area contributed by atoms with Gasteiger partial charge >= 0.3 is 0 Å². The summed E-state index contributed by atoms with van der Waals surface area (Å²) in [6.45, 7) is 6.52. The van der Waals surface area contributed by atoms with Crippen molar-refractivity contribution < 1.29 is 0 Å². The zero-order chi connectivity index (χ0) is 11.4. The van der Waals surface area contributed by atoms with Crippen LogP contribution in [0.2, 0.25) is 0 Å². The summed E-state index contributed by atoms with van der Waals surface area (Å²) in [5, 5.41) is 0. The predicted octanol–water partition coefficient (Wildman–Crippen LogP) is 3.01. The summed E-state index contributed by atoms with van der Waals surface area (Å²) < 4.78 is 1.03. The Labute approximate surface area is 100 Å². The quantitative estimate of drug-likeness (QED) is 0.914. The molecule has 0 radical (unpaired) electrons. The van der Waals surface area contributed by atoms with Crippen LogP contribution >= 0.6 is 15.9 Å². The molecule has 15 heavy (non-hydrogen) atoms. The summed E-state index contributed by atoms with van der Waals surface area (Å²) in [4.78, 5) is 4.17. The Hall–Kier alpha value is -0.410. The highest BCUT2D eigenvalue weighted by atomic mass is 79.9. The lowest BCUT2D eigenvalue weighted by atomic mass is 9.85. The maximum Gasteiger partial charge on any atom is 0.0410 e. The zero-order valence-electron chi connectivity index (χ0n) is 9.57. The minimum absolute atomic E-state index is 0.226. The maximum atomic E-state index is 5.99. The lowest BCUT2D eigenvalue weighted by Crippen LogP contribution is -2.32. The van der Waals surface area contributed by atoms with Crippen LogP contribution in [-0.4, -0.2) is 11.0 Å². The normalized spacial score (nSPS) is 15.3. The van der Waals surface area contributed by atoms with E-state index in [1.54, 1.807) is 6.20 Å². The van der Waals surface area contributed by atoms with E-state index in [4.69, 9.17) is 5.73 Å². The van der Waals surface area contributed by atoms with E-state index in [0.29, 0.717) is 11.8 Å². The first-order valence-corrected chi connectivity index (χ1v) is 6.15. The standard InChI is InChI=1S/C12H19BrN2/c1-8(2)12(9(3)14)5-10-4-11(13)7-15-6-10/h4,6-9,12H,5,14H2,1-3H3. The van der Waals surface area contributed by atoms with Crippen LogP contribution in [0.1, 0.15) is 26.3 Å². The molecule has 1 heterocycles. The van der Waals surface area contributed by atoms with Gasteiger partial charge in [-0.3, -0.25) is 4.98 Å². The van der Waals surface area contributed by atoms with Crippen molar-refractivity contribution >= 4 is 15.9 Å². The largest absolute Gasteiger partial charge is 0.328 e. The summed E-state index contributed by atoms with van der Waals surface area (Å²) in [6, 6.07) is 2.34.